The van der Waals surface area contributed by atoms with Crippen molar-refractivity contribution in [1.29, 1.82) is 0 Å². The molecule has 0 radical (unpaired) electrons. The smallest absolute Gasteiger partial charge is 0.0746 e. The van der Waals surface area contributed by atoms with Gasteiger partial charge in [-0.3, -0.25) is 4.98 Å². The highest BCUT2D eigenvalue weighted by Crippen LogP contribution is 2.16. The summed E-state index contributed by atoms with van der Waals surface area (Å²) < 4.78 is 0. The quantitative estimate of drug-likeness (QED) is 0.846. The van der Waals surface area contributed by atoms with E-state index in [1.807, 2.05) is 12.3 Å². The fourth-order valence-corrected chi connectivity index (χ4v) is 2.70. The van der Waals surface area contributed by atoms with Gasteiger partial charge in [0.15, 0.2) is 0 Å². The van der Waals surface area contributed by atoms with E-state index in [1.54, 1.807) is 0 Å². The Hall–Kier alpha value is -1.45. The number of benzene rings is 1. The van der Waals surface area contributed by atoms with Crippen LogP contribution in [-0.2, 0) is 6.54 Å². The molecule has 2 rings (SSSR count). The first kappa shape index (κ1) is 15.9. The zero-order valence-corrected chi connectivity index (χ0v) is 13.6. The van der Waals surface area contributed by atoms with Gasteiger partial charge >= 0.3 is 0 Å². The number of nitrogens with one attached hydrogen (secondary N) is 1. The predicted molar refractivity (Wildman–Crippen MR) is 90.4 cm³/mol. The number of pyridine rings is 1. The zero-order chi connectivity index (χ0) is 15.2. The van der Waals surface area contributed by atoms with Gasteiger partial charge < -0.3 is 10.2 Å². The van der Waals surface area contributed by atoms with Crippen molar-refractivity contribution in [2.45, 2.75) is 32.9 Å². The second-order valence-electron chi connectivity index (χ2n) is 6.37. The third kappa shape index (κ3) is 4.51. The standard InChI is InChI=1S/C18H27N3/c1-14(2)11-17(21(3)4)13-19-12-16-8-5-7-15-9-6-10-20-18(15)16/h5-10,14,17,19H,11-13H2,1-4H3. The van der Waals surface area contributed by atoms with Crippen LogP contribution in [0.5, 0.6) is 0 Å². The van der Waals surface area contributed by atoms with Crippen molar-refractivity contribution in [1.82, 2.24) is 15.2 Å². The summed E-state index contributed by atoms with van der Waals surface area (Å²) in [4.78, 5) is 6.83. The van der Waals surface area contributed by atoms with E-state index in [0.717, 1.165) is 24.5 Å². The number of hydrogen-bond acceptors (Lipinski definition) is 3. The maximum absolute atomic E-state index is 4.51. The Morgan fingerprint density at radius 1 is 1.14 bits per heavy atom. The third-order valence-corrected chi connectivity index (χ3v) is 3.89. The monoisotopic (exact) mass is 285 g/mol. The Morgan fingerprint density at radius 3 is 2.62 bits per heavy atom. The number of rotatable bonds is 7. The van der Waals surface area contributed by atoms with Gasteiger partial charge in [0.2, 0.25) is 0 Å². The van der Waals surface area contributed by atoms with E-state index in [4.69, 9.17) is 0 Å². The molecule has 1 atom stereocenters. The number of aromatic nitrogens is 1. The number of hydrogen-bond donors (Lipinski definition) is 1. The number of para-hydroxylation sites is 1. The van der Waals surface area contributed by atoms with Gasteiger partial charge in [-0.05, 0) is 38.1 Å². The molecule has 114 valence electrons. The molecule has 1 aromatic carbocycles. The average Bonchev–Trinajstić information content (AvgIpc) is 2.46. The number of fused-ring (bicyclic) bond motifs is 1. The first-order chi connectivity index (χ1) is 10.1. The number of likely N-dealkylation sites (N-methyl/N-ethyl adjacent to an activating group) is 1. The SMILES string of the molecule is CC(C)CC(CNCc1cccc2cccnc12)N(C)C. The molecule has 0 aliphatic carbocycles. The molecule has 0 fully saturated rings. The second kappa shape index (κ2) is 7.53. The predicted octanol–water partition coefficient (Wildman–Crippen LogP) is 3.30. The lowest BCUT2D eigenvalue weighted by Gasteiger charge is -2.26. The minimum absolute atomic E-state index is 0.577. The van der Waals surface area contributed by atoms with E-state index in [0.29, 0.717) is 6.04 Å². The molecule has 0 aliphatic heterocycles. The van der Waals surface area contributed by atoms with Gasteiger partial charge in [-0.1, -0.05) is 38.1 Å². The van der Waals surface area contributed by atoms with E-state index in [9.17, 15) is 0 Å². The highest BCUT2D eigenvalue weighted by molar-refractivity contribution is 5.81. The van der Waals surface area contributed by atoms with Crippen LogP contribution < -0.4 is 5.32 Å². The van der Waals surface area contributed by atoms with Gasteiger partial charge in [0, 0.05) is 30.7 Å². The van der Waals surface area contributed by atoms with Crippen molar-refractivity contribution in [3.8, 4) is 0 Å². The highest BCUT2D eigenvalue weighted by Gasteiger charge is 2.13. The molecule has 0 amide bonds. The molecule has 1 heterocycles. The highest BCUT2D eigenvalue weighted by atomic mass is 15.1. The minimum atomic E-state index is 0.577. The molecule has 2 aromatic rings. The molecule has 0 spiro atoms. The van der Waals surface area contributed by atoms with Gasteiger partial charge in [-0.25, -0.2) is 0 Å². The Morgan fingerprint density at radius 2 is 1.90 bits per heavy atom. The molecule has 0 saturated carbocycles. The summed E-state index contributed by atoms with van der Waals surface area (Å²) in [6, 6.07) is 11.1. The lowest BCUT2D eigenvalue weighted by molar-refractivity contribution is 0.247. The second-order valence-corrected chi connectivity index (χ2v) is 6.37. The van der Waals surface area contributed by atoms with Gasteiger partial charge in [-0.15, -0.1) is 0 Å². The summed E-state index contributed by atoms with van der Waals surface area (Å²) in [6.45, 7) is 6.45. The van der Waals surface area contributed by atoms with Crippen LogP contribution in [0.25, 0.3) is 10.9 Å². The van der Waals surface area contributed by atoms with E-state index in [-0.39, 0.29) is 0 Å². The van der Waals surface area contributed by atoms with Crippen molar-refractivity contribution in [3.05, 3.63) is 42.1 Å². The molecule has 3 nitrogen and oxygen atoms in total. The topological polar surface area (TPSA) is 28.2 Å². The molecular formula is C18H27N3. The molecule has 0 saturated heterocycles. The lowest BCUT2D eigenvalue weighted by atomic mass is 10.0. The molecule has 1 aromatic heterocycles. The summed E-state index contributed by atoms with van der Waals surface area (Å²) in [5.74, 6) is 0.721. The van der Waals surface area contributed by atoms with Crippen LogP contribution in [0, 0.1) is 5.92 Å². The Bertz CT molecular complexity index is 558. The van der Waals surface area contributed by atoms with Crippen molar-refractivity contribution in [3.63, 3.8) is 0 Å². The van der Waals surface area contributed by atoms with Crippen molar-refractivity contribution in [2.24, 2.45) is 5.92 Å². The van der Waals surface area contributed by atoms with Crippen molar-refractivity contribution >= 4 is 10.9 Å². The van der Waals surface area contributed by atoms with Crippen LogP contribution in [0.15, 0.2) is 36.5 Å². The maximum Gasteiger partial charge on any atom is 0.0746 e. The third-order valence-electron chi connectivity index (χ3n) is 3.89. The van der Waals surface area contributed by atoms with E-state index < -0.39 is 0 Å². The van der Waals surface area contributed by atoms with Crippen LogP contribution in [0.4, 0.5) is 0 Å². The lowest BCUT2D eigenvalue weighted by Crippen LogP contribution is -2.38. The molecule has 21 heavy (non-hydrogen) atoms. The largest absolute Gasteiger partial charge is 0.311 e. The molecule has 3 heteroatoms. The van der Waals surface area contributed by atoms with Crippen LogP contribution in [-0.4, -0.2) is 36.6 Å². The summed E-state index contributed by atoms with van der Waals surface area (Å²) in [6.07, 6.45) is 3.08. The van der Waals surface area contributed by atoms with Gasteiger partial charge in [0.1, 0.15) is 0 Å². The molecule has 0 aliphatic rings. The van der Waals surface area contributed by atoms with Gasteiger partial charge in [0.25, 0.3) is 0 Å². The normalized spacial score (nSPS) is 13.2. The summed E-state index contributed by atoms with van der Waals surface area (Å²) in [7, 11) is 4.32. The van der Waals surface area contributed by atoms with Gasteiger partial charge in [0.05, 0.1) is 5.52 Å². The van der Waals surface area contributed by atoms with Crippen LogP contribution in [0.2, 0.25) is 0 Å². The van der Waals surface area contributed by atoms with Crippen LogP contribution in [0.3, 0.4) is 0 Å². The zero-order valence-electron chi connectivity index (χ0n) is 13.6. The fourth-order valence-electron chi connectivity index (χ4n) is 2.70. The average molecular weight is 285 g/mol. The minimum Gasteiger partial charge on any atom is -0.311 e. The van der Waals surface area contributed by atoms with Crippen molar-refractivity contribution in [2.75, 3.05) is 20.6 Å². The van der Waals surface area contributed by atoms with E-state index >= 15 is 0 Å². The number of nitrogens with zero attached hydrogens (tertiary/aromatic N) is 2. The van der Waals surface area contributed by atoms with Gasteiger partial charge in [-0.2, -0.15) is 0 Å². The Balaban J connectivity index is 1.98. The Labute approximate surface area is 128 Å². The summed E-state index contributed by atoms with van der Waals surface area (Å²) >= 11 is 0. The van der Waals surface area contributed by atoms with E-state index in [2.05, 4.69) is 67.4 Å². The van der Waals surface area contributed by atoms with Crippen molar-refractivity contribution < 1.29 is 0 Å². The first-order valence-electron chi connectivity index (χ1n) is 7.77. The summed E-state index contributed by atoms with van der Waals surface area (Å²) in [5.41, 5.74) is 2.38. The maximum atomic E-state index is 4.51. The molecule has 1 unspecified atom stereocenters. The fraction of sp³-hybridized carbons (Fsp3) is 0.500. The van der Waals surface area contributed by atoms with Crippen LogP contribution in [0.1, 0.15) is 25.8 Å². The molecule has 0 bridgehead atoms. The first-order valence-corrected chi connectivity index (χ1v) is 7.77. The molecule has 1 N–H and O–H groups in total. The van der Waals surface area contributed by atoms with E-state index in [1.165, 1.54) is 17.4 Å². The molecular weight excluding hydrogens is 258 g/mol. The Kier molecular flexibility index (Phi) is 5.71. The van der Waals surface area contributed by atoms with Crippen LogP contribution >= 0.6 is 0 Å². The summed E-state index contributed by atoms with van der Waals surface area (Å²) in [5, 5.41) is 4.81.